The summed E-state index contributed by atoms with van der Waals surface area (Å²) >= 11 is 0. The van der Waals surface area contributed by atoms with Crippen LogP contribution in [0.15, 0.2) is 54.7 Å². The molecule has 2 amide bonds. The highest BCUT2D eigenvalue weighted by Gasteiger charge is 2.63. The molecule has 2 fully saturated rings. The number of hydrogen-bond acceptors (Lipinski definition) is 13. The van der Waals surface area contributed by atoms with E-state index in [1.165, 1.54) is 18.3 Å². The molecule has 0 unspecified atom stereocenters. The number of likely N-dealkylation sites (tertiary alicyclic amines) is 1. The van der Waals surface area contributed by atoms with Crippen molar-refractivity contribution in [2.24, 2.45) is 5.92 Å². The van der Waals surface area contributed by atoms with E-state index in [1.54, 1.807) is 34.6 Å². The average molecular weight is 874 g/mol. The zero-order valence-corrected chi connectivity index (χ0v) is 34.4. The number of halogens is 4. The van der Waals surface area contributed by atoms with Crippen LogP contribution in [0.25, 0.3) is 11.1 Å². The van der Waals surface area contributed by atoms with Gasteiger partial charge in [0.2, 0.25) is 5.91 Å². The minimum Gasteiger partial charge on any atom is -0.456 e. The molecule has 332 valence electrons. The predicted octanol–water partition coefficient (Wildman–Crippen LogP) is 5.63. The summed E-state index contributed by atoms with van der Waals surface area (Å²) in [6.07, 6.45) is -0.773. The number of rotatable bonds is 11. The zero-order chi connectivity index (χ0) is 45.5. The van der Waals surface area contributed by atoms with Crippen molar-refractivity contribution in [1.82, 2.24) is 14.8 Å². The maximum atomic E-state index is 15.8. The molecule has 3 aliphatic rings. The number of alkyl carbamates (subject to hydrolysis) is 1. The lowest BCUT2D eigenvalue weighted by molar-refractivity contribution is -0.225. The Labute approximate surface area is 351 Å². The van der Waals surface area contributed by atoms with Gasteiger partial charge in [-0.25, -0.2) is 23.7 Å². The van der Waals surface area contributed by atoms with E-state index in [4.69, 9.17) is 23.7 Å². The maximum absolute atomic E-state index is 15.8. The summed E-state index contributed by atoms with van der Waals surface area (Å²) in [5.74, 6) is -16.6. The Morgan fingerprint density at radius 1 is 0.839 bits per heavy atom. The molecule has 20 heteroatoms. The first kappa shape index (κ1) is 45.4. The van der Waals surface area contributed by atoms with Gasteiger partial charge in [-0.1, -0.05) is 38.1 Å². The van der Waals surface area contributed by atoms with Gasteiger partial charge in [0.05, 0.1) is 26.9 Å². The zero-order valence-electron chi connectivity index (χ0n) is 34.4. The first-order valence-electron chi connectivity index (χ1n) is 19.3. The Morgan fingerprint density at radius 3 is 1.90 bits per heavy atom. The topological polar surface area (TPSA) is 195 Å². The van der Waals surface area contributed by atoms with Crippen LogP contribution in [0.4, 0.5) is 27.2 Å². The van der Waals surface area contributed by atoms with Crippen LogP contribution in [0.3, 0.4) is 0 Å². The lowest BCUT2D eigenvalue weighted by Crippen LogP contribution is -2.54. The van der Waals surface area contributed by atoms with Crippen LogP contribution >= 0.6 is 0 Å². The van der Waals surface area contributed by atoms with E-state index < -0.39 is 118 Å². The van der Waals surface area contributed by atoms with Gasteiger partial charge in [0.25, 0.3) is 0 Å². The number of benzene rings is 2. The van der Waals surface area contributed by atoms with Crippen molar-refractivity contribution < 1.29 is 79.5 Å². The summed E-state index contributed by atoms with van der Waals surface area (Å²) in [6, 6.07) is 5.41. The van der Waals surface area contributed by atoms with Gasteiger partial charge in [0.15, 0.2) is 30.6 Å². The molecule has 2 saturated heterocycles. The van der Waals surface area contributed by atoms with Gasteiger partial charge in [-0.3, -0.25) is 14.4 Å². The number of nitrogens with one attached hydrogen (secondary N) is 1. The number of ketones is 2. The van der Waals surface area contributed by atoms with Crippen LogP contribution in [0.5, 0.6) is 0 Å². The fourth-order valence-corrected chi connectivity index (χ4v) is 7.25. The normalized spacial score (nSPS) is 18.6. The van der Waals surface area contributed by atoms with Gasteiger partial charge in [-0.15, -0.1) is 0 Å². The Morgan fingerprint density at radius 2 is 1.39 bits per heavy atom. The van der Waals surface area contributed by atoms with Crippen LogP contribution in [0.1, 0.15) is 83.4 Å². The number of ether oxygens (including phenoxy) is 6. The monoisotopic (exact) mass is 873 g/mol. The third kappa shape index (κ3) is 8.78. The summed E-state index contributed by atoms with van der Waals surface area (Å²) in [6.45, 7) is 6.19. The number of amides is 2. The summed E-state index contributed by atoms with van der Waals surface area (Å²) in [4.78, 5) is 91.8. The molecule has 0 bridgehead atoms. The number of carbonyl (C=O) groups excluding carboxylic acids is 7. The number of methoxy groups -OCH3 is 1. The molecule has 6 rings (SSSR count). The fraction of sp³-hybridized carbons (Fsp3) is 0.452. The van der Waals surface area contributed by atoms with E-state index in [1.807, 2.05) is 0 Å². The van der Waals surface area contributed by atoms with Crippen LogP contribution in [0, 0.1) is 5.92 Å². The smallest absolute Gasteiger partial charge is 0.419 e. The van der Waals surface area contributed by atoms with Crippen molar-refractivity contribution in [3.63, 3.8) is 0 Å². The van der Waals surface area contributed by atoms with Crippen LogP contribution in [-0.4, -0.2) is 115 Å². The number of nitrogens with zero attached hydrogens (tertiary/aromatic N) is 2. The molecule has 3 aromatic rings. The number of esters is 2. The SMILES string of the molecule is COC(=O)N[C@H](C(=O)N1CC2(C[C@H]1C(=O)OCC(=O)c1ccc3c(c1)C(F)(F)C(F)(F)c1cc(C(=O)COC(=O)c4cccn4C(=O)OC(C)(C)C)ccc1-3)OCCO2)C(C)C. The molecule has 62 heavy (non-hydrogen) atoms. The second kappa shape index (κ2) is 17.0. The molecular weight excluding hydrogens is 830 g/mol. The van der Waals surface area contributed by atoms with Crippen molar-refractivity contribution in [1.29, 1.82) is 0 Å². The highest BCUT2D eigenvalue weighted by Crippen LogP contribution is 2.58. The number of aromatic nitrogens is 1. The first-order chi connectivity index (χ1) is 29.0. The van der Waals surface area contributed by atoms with Crippen LogP contribution in [-0.2, 0) is 49.9 Å². The number of hydrogen-bond donors (Lipinski definition) is 1. The molecule has 0 radical (unpaired) electrons. The molecule has 16 nitrogen and oxygen atoms in total. The van der Waals surface area contributed by atoms with Gasteiger partial charge in [-0.2, -0.15) is 17.6 Å². The molecule has 1 spiro atoms. The lowest BCUT2D eigenvalue weighted by atomic mass is 9.79. The van der Waals surface area contributed by atoms with E-state index >= 15 is 17.6 Å². The van der Waals surface area contributed by atoms with Crippen molar-refractivity contribution in [2.45, 2.75) is 76.4 Å². The first-order valence-corrected chi connectivity index (χ1v) is 19.3. The van der Waals surface area contributed by atoms with E-state index in [9.17, 15) is 33.6 Å². The van der Waals surface area contributed by atoms with Crippen molar-refractivity contribution in [3.05, 3.63) is 82.7 Å². The average Bonchev–Trinajstić information content (AvgIpc) is 3.99. The molecule has 1 aromatic heterocycles. The molecule has 1 N–H and O–H groups in total. The minimum atomic E-state index is -4.92. The Hall–Kier alpha value is -6.15. The van der Waals surface area contributed by atoms with Gasteiger partial charge >= 0.3 is 36.0 Å². The predicted molar refractivity (Wildman–Crippen MR) is 205 cm³/mol. The molecule has 1 aliphatic carbocycles. The van der Waals surface area contributed by atoms with Crippen molar-refractivity contribution >= 4 is 41.6 Å². The third-order valence-corrected chi connectivity index (χ3v) is 10.3. The fourth-order valence-electron chi connectivity index (χ4n) is 7.25. The number of alkyl halides is 4. The molecule has 3 heterocycles. The van der Waals surface area contributed by atoms with Crippen molar-refractivity contribution in [3.8, 4) is 11.1 Å². The highest BCUT2D eigenvalue weighted by molar-refractivity contribution is 6.02. The highest BCUT2D eigenvalue weighted by atomic mass is 19.3. The summed E-state index contributed by atoms with van der Waals surface area (Å²) in [7, 11) is 1.11. The Bertz CT molecular complexity index is 2310. The summed E-state index contributed by atoms with van der Waals surface area (Å²) in [5, 5.41) is 2.43. The molecular formula is C42H43F4N3O13. The summed E-state index contributed by atoms with van der Waals surface area (Å²) in [5.41, 5.74) is -5.34. The van der Waals surface area contributed by atoms with Crippen LogP contribution < -0.4 is 5.32 Å². The minimum absolute atomic E-state index is 0.162. The number of Topliss-reactive ketones (excluding diaryl/α,β-unsaturated/α-hetero) is 2. The second-order valence-electron chi connectivity index (χ2n) is 16.1. The summed E-state index contributed by atoms with van der Waals surface area (Å²) < 4.78 is 95.6. The quantitative estimate of drug-likeness (QED) is 0.108. The van der Waals surface area contributed by atoms with Gasteiger partial charge in [-0.05, 0) is 62.1 Å². The van der Waals surface area contributed by atoms with Gasteiger partial charge in [0, 0.05) is 34.9 Å². The lowest BCUT2D eigenvalue weighted by Gasteiger charge is -2.35. The second-order valence-corrected chi connectivity index (χ2v) is 16.1. The van der Waals surface area contributed by atoms with E-state index in [2.05, 4.69) is 10.1 Å². The molecule has 2 aromatic carbocycles. The Balaban J connectivity index is 1.16. The van der Waals surface area contributed by atoms with Gasteiger partial charge < -0.3 is 38.6 Å². The third-order valence-electron chi connectivity index (χ3n) is 10.3. The van der Waals surface area contributed by atoms with Crippen LogP contribution in [0.2, 0.25) is 0 Å². The van der Waals surface area contributed by atoms with Crippen molar-refractivity contribution in [2.75, 3.05) is 40.1 Å². The largest absolute Gasteiger partial charge is 0.456 e. The maximum Gasteiger partial charge on any atom is 0.419 e. The Kier molecular flexibility index (Phi) is 12.4. The number of fused-ring (bicyclic) bond motifs is 3. The van der Waals surface area contributed by atoms with E-state index in [0.717, 1.165) is 40.8 Å². The van der Waals surface area contributed by atoms with Gasteiger partial charge in [0.1, 0.15) is 23.4 Å². The molecule has 0 saturated carbocycles. The standard InChI is InChI=1S/C42H43F4N3O13/c1-22(2)33(47-37(55)57-6)34(52)49-21-40(60-14-15-61-40)18-30(49)36(54)59-20-32(51)24-10-12-26-25-11-9-23(16-27(25)41(43,44)42(45,46)28(26)17-24)31(50)19-58-35(53)29-8-7-13-48(29)38(56)62-39(3,4)5/h7-13,16-17,22,30,33H,14-15,18-21H2,1-6H3,(H,47,55)/t30-,33-/m0/s1. The van der Waals surface area contributed by atoms with E-state index in [0.29, 0.717) is 12.1 Å². The molecule has 2 atom stereocenters. The van der Waals surface area contributed by atoms with E-state index in [-0.39, 0.29) is 43.0 Å². The molecule has 2 aliphatic heterocycles. The number of carbonyl (C=O) groups is 7.